The van der Waals surface area contributed by atoms with Crippen LogP contribution in [0.3, 0.4) is 0 Å². The summed E-state index contributed by atoms with van der Waals surface area (Å²) in [4.78, 5) is 10.7. The van der Waals surface area contributed by atoms with Crippen molar-refractivity contribution in [2.24, 2.45) is 0 Å². The van der Waals surface area contributed by atoms with Crippen molar-refractivity contribution in [3.8, 4) is 0 Å². The molecule has 1 aromatic carbocycles. The molecule has 15 heavy (non-hydrogen) atoms. The van der Waals surface area contributed by atoms with Crippen molar-refractivity contribution >= 4 is 11.7 Å². The molecule has 0 spiro atoms. The third-order valence-electron chi connectivity index (χ3n) is 2.10. The summed E-state index contributed by atoms with van der Waals surface area (Å²) >= 11 is 0. The zero-order valence-corrected chi connectivity index (χ0v) is 8.97. The summed E-state index contributed by atoms with van der Waals surface area (Å²) in [6.07, 6.45) is 0. The average Bonchev–Trinajstić information content (AvgIpc) is 2.26. The SMILES string of the molecule is CCN(N[C@@H](C)C(=O)O)c1ccccc1. The van der Waals surface area contributed by atoms with E-state index in [9.17, 15) is 4.79 Å². The highest BCUT2D eigenvalue weighted by Gasteiger charge is 2.13. The molecule has 0 aliphatic rings. The summed E-state index contributed by atoms with van der Waals surface area (Å²) in [5.41, 5.74) is 3.88. The lowest BCUT2D eigenvalue weighted by Crippen LogP contribution is -2.47. The third-order valence-corrected chi connectivity index (χ3v) is 2.10. The molecule has 82 valence electrons. The van der Waals surface area contributed by atoms with E-state index in [0.717, 1.165) is 5.69 Å². The normalized spacial score (nSPS) is 12.1. The van der Waals surface area contributed by atoms with Crippen molar-refractivity contribution in [1.82, 2.24) is 5.43 Å². The second-order valence-electron chi connectivity index (χ2n) is 3.27. The Morgan fingerprint density at radius 1 is 1.47 bits per heavy atom. The van der Waals surface area contributed by atoms with Crippen LogP contribution in [0.4, 0.5) is 5.69 Å². The van der Waals surface area contributed by atoms with Crippen LogP contribution in [0.2, 0.25) is 0 Å². The van der Waals surface area contributed by atoms with Gasteiger partial charge in [-0.2, -0.15) is 0 Å². The molecule has 4 heteroatoms. The molecule has 1 atom stereocenters. The molecule has 0 aromatic heterocycles. The molecule has 0 amide bonds. The Morgan fingerprint density at radius 2 is 2.07 bits per heavy atom. The number of hydrogen-bond acceptors (Lipinski definition) is 3. The predicted octanol–water partition coefficient (Wildman–Crippen LogP) is 1.49. The zero-order chi connectivity index (χ0) is 11.3. The van der Waals surface area contributed by atoms with E-state index < -0.39 is 12.0 Å². The molecule has 0 aliphatic heterocycles. The highest BCUT2D eigenvalue weighted by molar-refractivity contribution is 5.73. The van der Waals surface area contributed by atoms with Crippen molar-refractivity contribution in [3.63, 3.8) is 0 Å². The van der Waals surface area contributed by atoms with E-state index in [1.54, 1.807) is 6.92 Å². The number of para-hydroxylation sites is 1. The standard InChI is InChI=1S/C11H16N2O2/c1-3-13(12-9(2)11(14)15)10-7-5-4-6-8-10/h4-9,12H,3H2,1-2H3,(H,14,15)/t9-/m0/s1. The fourth-order valence-corrected chi connectivity index (χ4v) is 1.25. The maximum atomic E-state index is 10.7. The number of carboxylic acid groups (broad SMARTS) is 1. The summed E-state index contributed by atoms with van der Waals surface area (Å²) in [7, 11) is 0. The summed E-state index contributed by atoms with van der Waals surface area (Å²) in [5.74, 6) is -0.857. The molecule has 2 N–H and O–H groups in total. The lowest BCUT2D eigenvalue weighted by molar-refractivity contribution is -0.139. The molecule has 0 heterocycles. The molecule has 0 radical (unpaired) electrons. The van der Waals surface area contributed by atoms with Gasteiger partial charge in [-0.15, -0.1) is 0 Å². The van der Waals surface area contributed by atoms with Gasteiger partial charge in [0.05, 0.1) is 5.69 Å². The number of hydrazine groups is 1. The fourth-order valence-electron chi connectivity index (χ4n) is 1.25. The minimum absolute atomic E-state index is 0.592. The molecule has 4 nitrogen and oxygen atoms in total. The molecule has 0 saturated carbocycles. The number of nitrogens with one attached hydrogen (secondary N) is 1. The minimum atomic E-state index is -0.857. The Morgan fingerprint density at radius 3 is 2.53 bits per heavy atom. The smallest absolute Gasteiger partial charge is 0.322 e. The van der Waals surface area contributed by atoms with E-state index in [1.165, 1.54) is 0 Å². The van der Waals surface area contributed by atoms with Gasteiger partial charge in [0.15, 0.2) is 0 Å². The molecular formula is C11H16N2O2. The second kappa shape index (κ2) is 5.36. The first-order valence-electron chi connectivity index (χ1n) is 4.96. The number of anilines is 1. The Hall–Kier alpha value is -1.55. The van der Waals surface area contributed by atoms with Crippen LogP contribution < -0.4 is 10.4 Å². The Bertz CT molecular complexity index is 314. The van der Waals surface area contributed by atoms with E-state index >= 15 is 0 Å². The second-order valence-corrected chi connectivity index (χ2v) is 3.27. The predicted molar refractivity (Wildman–Crippen MR) is 59.7 cm³/mol. The van der Waals surface area contributed by atoms with Gasteiger partial charge in [-0.3, -0.25) is 4.79 Å². The van der Waals surface area contributed by atoms with Crippen molar-refractivity contribution in [2.75, 3.05) is 11.6 Å². The number of hydrogen-bond donors (Lipinski definition) is 2. The quantitative estimate of drug-likeness (QED) is 0.720. The average molecular weight is 208 g/mol. The first-order valence-corrected chi connectivity index (χ1v) is 4.96. The minimum Gasteiger partial charge on any atom is -0.480 e. The van der Waals surface area contributed by atoms with Gasteiger partial charge in [0, 0.05) is 6.54 Å². The molecule has 0 fully saturated rings. The third kappa shape index (κ3) is 3.25. The summed E-state index contributed by atoms with van der Waals surface area (Å²) < 4.78 is 0. The van der Waals surface area contributed by atoms with Crippen LogP contribution in [-0.2, 0) is 4.79 Å². The van der Waals surface area contributed by atoms with E-state index in [1.807, 2.05) is 42.3 Å². The van der Waals surface area contributed by atoms with Crippen molar-refractivity contribution < 1.29 is 9.90 Å². The van der Waals surface area contributed by atoms with E-state index in [4.69, 9.17) is 5.11 Å². The first-order chi connectivity index (χ1) is 7.15. The van der Waals surface area contributed by atoms with Crippen LogP contribution >= 0.6 is 0 Å². The molecule has 0 saturated heterocycles. The van der Waals surface area contributed by atoms with Crippen molar-refractivity contribution in [2.45, 2.75) is 19.9 Å². The van der Waals surface area contributed by atoms with Gasteiger partial charge in [-0.05, 0) is 26.0 Å². The van der Waals surface area contributed by atoms with Gasteiger partial charge in [0.2, 0.25) is 0 Å². The molecule has 0 bridgehead atoms. The molecule has 0 aliphatic carbocycles. The van der Waals surface area contributed by atoms with Gasteiger partial charge < -0.3 is 10.1 Å². The van der Waals surface area contributed by atoms with Gasteiger partial charge >= 0.3 is 5.97 Å². The lowest BCUT2D eigenvalue weighted by Gasteiger charge is -2.26. The highest BCUT2D eigenvalue weighted by Crippen LogP contribution is 2.10. The lowest BCUT2D eigenvalue weighted by atomic mass is 10.3. The van der Waals surface area contributed by atoms with Crippen molar-refractivity contribution in [3.05, 3.63) is 30.3 Å². The van der Waals surface area contributed by atoms with Crippen LogP contribution in [0.5, 0.6) is 0 Å². The molecule has 1 aromatic rings. The first kappa shape index (κ1) is 11.5. The van der Waals surface area contributed by atoms with Gasteiger partial charge in [-0.25, -0.2) is 5.43 Å². The summed E-state index contributed by atoms with van der Waals surface area (Å²) in [6, 6.07) is 9.05. The molecule has 0 unspecified atom stereocenters. The van der Waals surface area contributed by atoms with Crippen LogP contribution in [0.1, 0.15) is 13.8 Å². The van der Waals surface area contributed by atoms with Crippen LogP contribution in [0, 0.1) is 0 Å². The number of nitrogens with zero attached hydrogens (tertiary/aromatic N) is 1. The Kier molecular flexibility index (Phi) is 4.12. The Labute approximate surface area is 89.5 Å². The van der Waals surface area contributed by atoms with Gasteiger partial charge in [0.1, 0.15) is 6.04 Å². The Balaban J connectivity index is 2.69. The van der Waals surface area contributed by atoms with Crippen LogP contribution in [0.25, 0.3) is 0 Å². The van der Waals surface area contributed by atoms with Crippen LogP contribution in [0.15, 0.2) is 30.3 Å². The maximum absolute atomic E-state index is 10.7. The van der Waals surface area contributed by atoms with Gasteiger partial charge in [0.25, 0.3) is 0 Å². The van der Waals surface area contributed by atoms with E-state index in [-0.39, 0.29) is 0 Å². The topological polar surface area (TPSA) is 52.6 Å². The van der Waals surface area contributed by atoms with E-state index in [0.29, 0.717) is 6.54 Å². The number of rotatable bonds is 5. The van der Waals surface area contributed by atoms with Crippen molar-refractivity contribution in [1.29, 1.82) is 0 Å². The molecular weight excluding hydrogens is 192 g/mol. The summed E-state index contributed by atoms with van der Waals surface area (Å²) in [5, 5.41) is 10.6. The number of aliphatic carboxylic acids is 1. The largest absolute Gasteiger partial charge is 0.480 e. The zero-order valence-electron chi connectivity index (χ0n) is 8.97. The number of carboxylic acids is 1. The monoisotopic (exact) mass is 208 g/mol. The van der Waals surface area contributed by atoms with Gasteiger partial charge in [-0.1, -0.05) is 18.2 Å². The van der Waals surface area contributed by atoms with E-state index in [2.05, 4.69) is 5.43 Å². The number of benzene rings is 1. The highest BCUT2D eigenvalue weighted by atomic mass is 16.4. The fraction of sp³-hybridized carbons (Fsp3) is 0.364. The number of carbonyl (C=O) groups is 1. The molecule has 1 rings (SSSR count). The maximum Gasteiger partial charge on any atom is 0.322 e. The van der Waals surface area contributed by atoms with Crippen LogP contribution in [-0.4, -0.2) is 23.7 Å². The summed E-state index contributed by atoms with van der Waals surface area (Å²) in [6.45, 7) is 4.30.